The zero-order valence-corrected chi connectivity index (χ0v) is 19.6. The smallest absolute Gasteiger partial charge is 0.251 e. The molecule has 7 heteroatoms. The number of anilines is 2. The number of carbonyl (C=O) groups is 3. The third-order valence-corrected chi connectivity index (χ3v) is 4.79. The molecular formula is C27H30N4O3. The van der Waals surface area contributed by atoms with Crippen molar-refractivity contribution in [2.45, 2.75) is 32.9 Å². The second kappa shape index (κ2) is 11.1. The minimum absolute atomic E-state index is 0.0291. The first-order chi connectivity index (χ1) is 16.2. The molecule has 0 saturated heterocycles. The van der Waals surface area contributed by atoms with Crippen molar-refractivity contribution >= 4 is 29.1 Å². The van der Waals surface area contributed by atoms with Gasteiger partial charge in [-0.2, -0.15) is 0 Å². The lowest BCUT2D eigenvalue weighted by atomic mass is 10.1. The third kappa shape index (κ3) is 7.78. The molecular weight excluding hydrogens is 428 g/mol. The van der Waals surface area contributed by atoms with Crippen LogP contribution in [0.1, 0.15) is 47.1 Å². The van der Waals surface area contributed by atoms with Crippen molar-refractivity contribution in [3.8, 4) is 0 Å². The molecule has 0 aliphatic carbocycles. The van der Waals surface area contributed by atoms with Crippen LogP contribution in [-0.4, -0.2) is 29.8 Å². The van der Waals surface area contributed by atoms with E-state index in [2.05, 4.69) is 21.3 Å². The van der Waals surface area contributed by atoms with Crippen molar-refractivity contribution in [3.05, 3.63) is 95.6 Å². The molecule has 3 aromatic rings. The Morgan fingerprint density at radius 3 is 2.12 bits per heavy atom. The number of carbonyl (C=O) groups excluding carboxylic acids is 3. The second-order valence-electron chi connectivity index (χ2n) is 8.93. The van der Waals surface area contributed by atoms with E-state index in [1.807, 2.05) is 51.1 Å². The fourth-order valence-electron chi connectivity index (χ4n) is 3.16. The largest absolute Gasteiger partial charge is 0.376 e. The van der Waals surface area contributed by atoms with Crippen LogP contribution in [0, 0.1) is 0 Å². The van der Waals surface area contributed by atoms with Gasteiger partial charge in [-0.3, -0.25) is 14.4 Å². The standard InChI is InChI=1S/C27H30N4O3/c1-27(2,3)31-26(34)20-12-14-22(15-13-20)30-24(32)18-28-23-11-7-10-21(16-23)25(33)29-17-19-8-5-4-6-9-19/h4-16,28H,17-18H2,1-3H3,(H,29,33)(H,30,32)(H,31,34). The van der Waals surface area contributed by atoms with Gasteiger partial charge in [-0.1, -0.05) is 36.4 Å². The SMILES string of the molecule is CC(C)(C)NC(=O)c1ccc(NC(=O)CNc2cccc(C(=O)NCc3ccccc3)c2)cc1. The molecule has 0 bridgehead atoms. The Labute approximate surface area is 200 Å². The number of hydrogen-bond acceptors (Lipinski definition) is 4. The van der Waals surface area contributed by atoms with Gasteiger partial charge in [0.05, 0.1) is 6.54 Å². The van der Waals surface area contributed by atoms with E-state index < -0.39 is 0 Å². The lowest BCUT2D eigenvalue weighted by Gasteiger charge is -2.20. The van der Waals surface area contributed by atoms with Gasteiger partial charge in [0.25, 0.3) is 11.8 Å². The maximum atomic E-state index is 12.5. The summed E-state index contributed by atoms with van der Waals surface area (Å²) in [6.07, 6.45) is 0. The Morgan fingerprint density at radius 2 is 1.44 bits per heavy atom. The summed E-state index contributed by atoms with van der Waals surface area (Å²) in [5.41, 5.74) is 2.98. The van der Waals surface area contributed by atoms with E-state index in [1.54, 1.807) is 48.5 Å². The first-order valence-electron chi connectivity index (χ1n) is 11.1. The van der Waals surface area contributed by atoms with Crippen molar-refractivity contribution in [2.75, 3.05) is 17.2 Å². The summed E-state index contributed by atoms with van der Waals surface area (Å²) in [6.45, 7) is 6.22. The van der Waals surface area contributed by atoms with Crippen molar-refractivity contribution in [3.63, 3.8) is 0 Å². The van der Waals surface area contributed by atoms with E-state index in [1.165, 1.54) is 0 Å². The molecule has 0 spiro atoms. The number of amides is 3. The Hall–Kier alpha value is -4.13. The summed E-state index contributed by atoms with van der Waals surface area (Å²) in [6, 6.07) is 23.4. The molecule has 4 N–H and O–H groups in total. The molecule has 0 aliphatic rings. The first-order valence-corrected chi connectivity index (χ1v) is 11.1. The van der Waals surface area contributed by atoms with Gasteiger partial charge in [-0.25, -0.2) is 0 Å². The van der Waals surface area contributed by atoms with Crippen molar-refractivity contribution in [2.24, 2.45) is 0 Å². The van der Waals surface area contributed by atoms with Crippen LogP contribution in [-0.2, 0) is 11.3 Å². The van der Waals surface area contributed by atoms with Gasteiger partial charge in [0.15, 0.2) is 0 Å². The quantitative estimate of drug-likeness (QED) is 0.407. The Morgan fingerprint density at radius 1 is 0.735 bits per heavy atom. The predicted molar refractivity (Wildman–Crippen MR) is 135 cm³/mol. The summed E-state index contributed by atoms with van der Waals surface area (Å²) in [4.78, 5) is 37.0. The van der Waals surface area contributed by atoms with Crippen LogP contribution in [0.4, 0.5) is 11.4 Å². The van der Waals surface area contributed by atoms with Crippen LogP contribution >= 0.6 is 0 Å². The Kier molecular flexibility index (Phi) is 8.03. The molecule has 0 saturated carbocycles. The Balaban J connectivity index is 1.49. The van der Waals surface area contributed by atoms with E-state index in [-0.39, 0.29) is 29.8 Å². The number of benzene rings is 3. The van der Waals surface area contributed by atoms with Gasteiger partial charge >= 0.3 is 0 Å². The highest BCUT2D eigenvalue weighted by molar-refractivity contribution is 5.97. The molecule has 0 aromatic heterocycles. The van der Waals surface area contributed by atoms with Gasteiger partial charge < -0.3 is 21.3 Å². The maximum absolute atomic E-state index is 12.5. The van der Waals surface area contributed by atoms with Crippen LogP contribution in [0.15, 0.2) is 78.9 Å². The molecule has 176 valence electrons. The molecule has 0 fully saturated rings. The normalized spacial score (nSPS) is 10.8. The third-order valence-electron chi connectivity index (χ3n) is 4.79. The highest BCUT2D eigenvalue weighted by Crippen LogP contribution is 2.13. The molecule has 3 rings (SSSR count). The van der Waals surface area contributed by atoms with Crippen molar-refractivity contribution in [1.82, 2.24) is 10.6 Å². The van der Waals surface area contributed by atoms with Gasteiger partial charge in [0.1, 0.15) is 0 Å². The highest BCUT2D eigenvalue weighted by atomic mass is 16.2. The number of hydrogen-bond donors (Lipinski definition) is 4. The maximum Gasteiger partial charge on any atom is 0.251 e. The van der Waals surface area contributed by atoms with Crippen LogP contribution < -0.4 is 21.3 Å². The van der Waals surface area contributed by atoms with Gasteiger partial charge in [-0.15, -0.1) is 0 Å². The molecule has 0 radical (unpaired) electrons. The zero-order chi connectivity index (χ0) is 24.6. The average molecular weight is 459 g/mol. The van der Waals surface area contributed by atoms with Crippen molar-refractivity contribution < 1.29 is 14.4 Å². The molecule has 0 heterocycles. The van der Waals surface area contributed by atoms with Crippen LogP contribution in [0.2, 0.25) is 0 Å². The first kappa shape index (κ1) is 24.5. The number of nitrogens with one attached hydrogen (secondary N) is 4. The molecule has 0 atom stereocenters. The minimum atomic E-state index is -0.324. The summed E-state index contributed by atoms with van der Waals surface area (Å²) >= 11 is 0. The lowest BCUT2D eigenvalue weighted by Crippen LogP contribution is -2.40. The molecule has 34 heavy (non-hydrogen) atoms. The van der Waals surface area contributed by atoms with E-state index >= 15 is 0 Å². The van der Waals surface area contributed by atoms with Crippen LogP contribution in [0.5, 0.6) is 0 Å². The van der Waals surface area contributed by atoms with E-state index in [9.17, 15) is 14.4 Å². The highest BCUT2D eigenvalue weighted by Gasteiger charge is 2.15. The van der Waals surface area contributed by atoms with Gasteiger partial charge in [0, 0.05) is 34.6 Å². The molecule has 3 aromatic carbocycles. The fourth-order valence-corrected chi connectivity index (χ4v) is 3.16. The summed E-state index contributed by atoms with van der Waals surface area (Å²) in [5.74, 6) is -0.599. The number of rotatable bonds is 8. The molecule has 0 aliphatic heterocycles. The van der Waals surface area contributed by atoms with Gasteiger partial charge in [-0.05, 0) is 68.8 Å². The molecule has 3 amide bonds. The summed E-state index contributed by atoms with van der Waals surface area (Å²) < 4.78 is 0. The molecule has 7 nitrogen and oxygen atoms in total. The second-order valence-corrected chi connectivity index (χ2v) is 8.93. The Bertz CT molecular complexity index is 1140. The summed E-state index contributed by atoms with van der Waals surface area (Å²) in [5, 5.41) is 11.6. The van der Waals surface area contributed by atoms with Crippen LogP contribution in [0.25, 0.3) is 0 Å². The summed E-state index contributed by atoms with van der Waals surface area (Å²) in [7, 11) is 0. The van der Waals surface area contributed by atoms with Crippen LogP contribution in [0.3, 0.4) is 0 Å². The fraction of sp³-hybridized carbons (Fsp3) is 0.222. The minimum Gasteiger partial charge on any atom is -0.376 e. The zero-order valence-electron chi connectivity index (χ0n) is 19.6. The lowest BCUT2D eigenvalue weighted by molar-refractivity contribution is -0.114. The van der Waals surface area contributed by atoms with Crippen molar-refractivity contribution in [1.29, 1.82) is 0 Å². The topological polar surface area (TPSA) is 99.3 Å². The van der Waals surface area contributed by atoms with E-state index in [4.69, 9.17) is 0 Å². The van der Waals surface area contributed by atoms with E-state index in [0.29, 0.717) is 29.0 Å². The molecule has 0 unspecified atom stereocenters. The monoisotopic (exact) mass is 458 g/mol. The van der Waals surface area contributed by atoms with E-state index in [0.717, 1.165) is 5.56 Å². The van der Waals surface area contributed by atoms with Gasteiger partial charge in [0.2, 0.25) is 5.91 Å². The predicted octanol–water partition coefficient (Wildman–Crippen LogP) is 4.20. The average Bonchev–Trinajstić information content (AvgIpc) is 2.81.